The van der Waals surface area contributed by atoms with E-state index in [2.05, 4.69) is 33.3 Å². The van der Waals surface area contributed by atoms with Crippen molar-refractivity contribution in [3.63, 3.8) is 0 Å². The molecule has 0 bridgehead atoms. The summed E-state index contributed by atoms with van der Waals surface area (Å²) in [6.45, 7) is 10.8. The molecule has 1 atom stereocenters. The molecule has 8 nitrogen and oxygen atoms in total. The van der Waals surface area contributed by atoms with E-state index in [1.165, 1.54) is 0 Å². The van der Waals surface area contributed by atoms with Gasteiger partial charge in [-0.1, -0.05) is 0 Å². The normalized spacial score (nSPS) is 17.2. The van der Waals surface area contributed by atoms with E-state index >= 15 is 0 Å². The van der Waals surface area contributed by atoms with Crippen molar-refractivity contribution < 1.29 is 0 Å². The third-order valence-electron chi connectivity index (χ3n) is 5.69. The second kappa shape index (κ2) is 6.91. The zero-order chi connectivity index (χ0) is 21.0. The van der Waals surface area contributed by atoms with Crippen molar-refractivity contribution in [1.29, 1.82) is 0 Å². The van der Waals surface area contributed by atoms with Crippen LogP contribution in [0.1, 0.15) is 23.9 Å². The molecule has 0 amide bonds. The highest BCUT2D eigenvalue weighted by Gasteiger charge is 2.18. The van der Waals surface area contributed by atoms with Gasteiger partial charge >= 0.3 is 0 Å². The highest BCUT2D eigenvalue weighted by atomic mass is 16.1. The molecule has 1 aliphatic heterocycles. The first-order chi connectivity index (χ1) is 14.4. The summed E-state index contributed by atoms with van der Waals surface area (Å²) < 4.78 is 3.45. The van der Waals surface area contributed by atoms with Gasteiger partial charge in [-0.25, -0.2) is 9.50 Å². The number of anilines is 1. The summed E-state index contributed by atoms with van der Waals surface area (Å²) in [4.78, 5) is 24.6. The van der Waals surface area contributed by atoms with Crippen molar-refractivity contribution in [2.45, 2.75) is 33.7 Å². The first-order valence-corrected chi connectivity index (χ1v) is 10.3. The van der Waals surface area contributed by atoms with Crippen LogP contribution in [0.15, 0.2) is 35.4 Å². The standard InChI is InChI=1S/C22H25N7O/c1-13-7-17(27-6-5-23-14(2)10-27)12-28-21(30)9-18(25-22(13)28)19-8-20-16(4)24-15(3)11-29(20)26-19/h7-9,11-12,14,23H,5-6,10H2,1-4H3/t14-/m0/s1. The monoisotopic (exact) mass is 403 g/mol. The Morgan fingerprint density at radius 1 is 1.07 bits per heavy atom. The van der Waals surface area contributed by atoms with Crippen LogP contribution in [0.3, 0.4) is 0 Å². The minimum absolute atomic E-state index is 0.105. The predicted octanol–water partition coefficient (Wildman–Crippen LogP) is 2.13. The maximum atomic E-state index is 13.0. The van der Waals surface area contributed by atoms with Gasteiger partial charge in [0.25, 0.3) is 5.56 Å². The van der Waals surface area contributed by atoms with Crippen LogP contribution in [0.4, 0.5) is 5.69 Å². The maximum Gasteiger partial charge on any atom is 0.258 e. The Labute approximate surface area is 174 Å². The van der Waals surface area contributed by atoms with E-state index in [0.29, 0.717) is 23.1 Å². The van der Waals surface area contributed by atoms with Crippen molar-refractivity contribution in [2.24, 2.45) is 0 Å². The zero-order valence-electron chi connectivity index (χ0n) is 17.7. The van der Waals surface area contributed by atoms with Crippen molar-refractivity contribution in [1.82, 2.24) is 29.3 Å². The number of hydrogen-bond donors (Lipinski definition) is 1. The lowest BCUT2D eigenvalue weighted by molar-refractivity contribution is 0.484. The van der Waals surface area contributed by atoms with Gasteiger partial charge in [-0.3, -0.25) is 14.2 Å². The average molecular weight is 403 g/mol. The number of aromatic nitrogens is 5. The van der Waals surface area contributed by atoms with Crippen LogP contribution in [-0.2, 0) is 0 Å². The van der Waals surface area contributed by atoms with Crippen LogP contribution in [0, 0.1) is 20.8 Å². The molecule has 1 N–H and O–H groups in total. The Morgan fingerprint density at radius 3 is 2.70 bits per heavy atom. The SMILES string of the molecule is Cc1cn2nc(-c3cc(=O)n4cc(N5CCN[C@@H](C)C5)cc(C)c4n3)cc2c(C)n1. The quantitative estimate of drug-likeness (QED) is 0.552. The van der Waals surface area contributed by atoms with E-state index in [1.54, 1.807) is 15.0 Å². The number of rotatable bonds is 2. The molecule has 5 rings (SSSR count). The molecule has 0 spiro atoms. The molecular formula is C22H25N7O. The molecule has 0 unspecified atom stereocenters. The largest absolute Gasteiger partial charge is 0.368 e. The molecule has 0 aliphatic carbocycles. The minimum atomic E-state index is -0.105. The van der Waals surface area contributed by atoms with Crippen LogP contribution in [0.25, 0.3) is 22.6 Å². The lowest BCUT2D eigenvalue weighted by Crippen LogP contribution is -2.49. The van der Waals surface area contributed by atoms with E-state index in [4.69, 9.17) is 4.98 Å². The highest BCUT2D eigenvalue weighted by molar-refractivity contribution is 5.67. The molecule has 8 heteroatoms. The Kier molecular flexibility index (Phi) is 4.32. The smallest absolute Gasteiger partial charge is 0.258 e. The molecule has 0 radical (unpaired) electrons. The Morgan fingerprint density at radius 2 is 1.90 bits per heavy atom. The van der Waals surface area contributed by atoms with Gasteiger partial charge in [0.05, 0.1) is 34.5 Å². The van der Waals surface area contributed by atoms with Gasteiger partial charge in [-0.15, -0.1) is 0 Å². The van der Waals surface area contributed by atoms with Gasteiger partial charge in [0, 0.05) is 37.9 Å². The van der Waals surface area contributed by atoms with E-state index in [1.807, 2.05) is 39.2 Å². The van der Waals surface area contributed by atoms with Gasteiger partial charge in [-0.05, 0) is 45.4 Å². The van der Waals surface area contributed by atoms with Crippen molar-refractivity contribution >= 4 is 16.9 Å². The molecule has 5 heterocycles. The number of nitrogens with one attached hydrogen (secondary N) is 1. The topological polar surface area (TPSA) is 79.8 Å². The van der Waals surface area contributed by atoms with Gasteiger partial charge in [0.1, 0.15) is 11.3 Å². The number of pyridine rings is 1. The van der Waals surface area contributed by atoms with E-state index < -0.39 is 0 Å². The second-order valence-electron chi connectivity index (χ2n) is 8.18. The third kappa shape index (κ3) is 3.13. The van der Waals surface area contributed by atoms with Crippen LogP contribution in [-0.4, -0.2) is 49.7 Å². The first kappa shape index (κ1) is 18.7. The van der Waals surface area contributed by atoms with Gasteiger partial charge in [0.15, 0.2) is 0 Å². The molecule has 4 aromatic rings. The molecule has 0 saturated carbocycles. The van der Waals surface area contributed by atoms with E-state index in [-0.39, 0.29) is 5.56 Å². The van der Waals surface area contributed by atoms with Gasteiger partial charge in [0.2, 0.25) is 0 Å². The first-order valence-electron chi connectivity index (χ1n) is 10.3. The minimum Gasteiger partial charge on any atom is -0.368 e. The lowest BCUT2D eigenvalue weighted by atomic mass is 10.2. The molecule has 1 fully saturated rings. The van der Waals surface area contributed by atoms with Crippen LogP contribution in [0.2, 0.25) is 0 Å². The van der Waals surface area contributed by atoms with Crippen molar-refractivity contribution in [3.05, 3.63) is 57.9 Å². The van der Waals surface area contributed by atoms with Crippen LogP contribution >= 0.6 is 0 Å². The molecular weight excluding hydrogens is 378 g/mol. The Bertz CT molecular complexity index is 1340. The molecule has 30 heavy (non-hydrogen) atoms. The second-order valence-corrected chi connectivity index (χ2v) is 8.18. The van der Waals surface area contributed by atoms with Crippen LogP contribution < -0.4 is 15.8 Å². The highest BCUT2D eigenvalue weighted by Crippen LogP contribution is 2.23. The fourth-order valence-electron chi connectivity index (χ4n) is 4.24. The summed E-state index contributed by atoms with van der Waals surface area (Å²) in [7, 11) is 0. The lowest BCUT2D eigenvalue weighted by Gasteiger charge is -2.33. The van der Waals surface area contributed by atoms with Gasteiger partial charge in [-0.2, -0.15) is 5.10 Å². The number of aryl methyl sites for hydroxylation is 3. The van der Waals surface area contributed by atoms with E-state index in [9.17, 15) is 4.79 Å². The Hall–Kier alpha value is -3.26. The Balaban J connectivity index is 1.62. The number of fused-ring (bicyclic) bond motifs is 2. The summed E-state index contributed by atoms with van der Waals surface area (Å²) in [5, 5.41) is 8.09. The molecule has 1 saturated heterocycles. The molecule has 154 valence electrons. The third-order valence-corrected chi connectivity index (χ3v) is 5.69. The molecule has 0 aromatic carbocycles. The summed E-state index contributed by atoms with van der Waals surface area (Å²) in [5.74, 6) is 0. The van der Waals surface area contributed by atoms with Gasteiger partial charge < -0.3 is 10.2 Å². The zero-order valence-corrected chi connectivity index (χ0v) is 17.7. The van der Waals surface area contributed by atoms with Crippen molar-refractivity contribution in [3.8, 4) is 11.4 Å². The number of hydrogen-bond acceptors (Lipinski definition) is 6. The fraction of sp³-hybridized carbons (Fsp3) is 0.364. The summed E-state index contributed by atoms with van der Waals surface area (Å²) >= 11 is 0. The number of piperazine rings is 1. The van der Waals surface area contributed by atoms with Crippen molar-refractivity contribution in [2.75, 3.05) is 24.5 Å². The predicted molar refractivity (Wildman–Crippen MR) is 117 cm³/mol. The summed E-state index contributed by atoms with van der Waals surface area (Å²) in [5.41, 5.74) is 6.53. The van der Waals surface area contributed by atoms with Crippen LogP contribution in [0.5, 0.6) is 0 Å². The maximum absolute atomic E-state index is 13.0. The number of nitrogens with zero attached hydrogens (tertiary/aromatic N) is 6. The summed E-state index contributed by atoms with van der Waals surface area (Å²) in [6.07, 6.45) is 3.78. The fourth-order valence-corrected chi connectivity index (χ4v) is 4.24. The van der Waals surface area contributed by atoms with E-state index in [0.717, 1.165) is 47.8 Å². The average Bonchev–Trinajstić information content (AvgIpc) is 3.13. The molecule has 1 aliphatic rings. The summed E-state index contributed by atoms with van der Waals surface area (Å²) in [6, 6.07) is 6.04. The molecule has 4 aromatic heterocycles.